The summed E-state index contributed by atoms with van der Waals surface area (Å²) >= 11 is 0. The van der Waals surface area contributed by atoms with Crippen LogP contribution in [0.5, 0.6) is 5.75 Å². The number of carbonyl (C=O) groups is 1. The van der Waals surface area contributed by atoms with Crippen molar-refractivity contribution in [2.75, 3.05) is 13.7 Å². The molecule has 0 bridgehead atoms. The molecule has 26 heavy (non-hydrogen) atoms. The smallest absolute Gasteiger partial charge is 0.271 e. The predicted molar refractivity (Wildman–Crippen MR) is 101 cm³/mol. The first-order valence-electron chi connectivity index (χ1n) is 8.65. The van der Waals surface area contributed by atoms with E-state index in [0.29, 0.717) is 18.7 Å². The lowest BCUT2D eigenvalue weighted by Crippen LogP contribution is -2.27. The molecule has 0 atom stereocenters. The number of imidazole rings is 1. The van der Waals surface area contributed by atoms with E-state index in [4.69, 9.17) is 4.74 Å². The lowest BCUT2D eigenvalue weighted by atomic mass is 9.93. The number of methoxy groups -OCH3 is 1. The number of fused-ring (bicyclic) bond motifs is 1. The summed E-state index contributed by atoms with van der Waals surface area (Å²) < 4.78 is 6.99. The van der Waals surface area contributed by atoms with E-state index in [1.807, 2.05) is 36.5 Å². The highest BCUT2D eigenvalue weighted by Gasteiger charge is 2.18. The molecule has 2 heterocycles. The predicted octanol–water partition coefficient (Wildman–Crippen LogP) is 3.01. The number of nitrogens with one attached hydrogen (secondary N) is 1. The normalized spacial score (nSPS) is 11.5. The molecule has 0 unspecified atom stereocenters. The van der Waals surface area contributed by atoms with Crippen LogP contribution >= 0.6 is 0 Å². The highest BCUT2D eigenvalue weighted by atomic mass is 16.5. The zero-order chi connectivity index (χ0) is 18.7. The summed E-state index contributed by atoms with van der Waals surface area (Å²) in [7, 11) is 1.65. The quantitative estimate of drug-likeness (QED) is 0.766. The molecule has 0 aliphatic carbocycles. The Labute approximate surface area is 153 Å². The molecule has 0 spiro atoms. The first-order chi connectivity index (χ1) is 12.4. The Hall–Kier alpha value is -2.89. The van der Waals surface area contributed by atoms with Crippen LogP contribution in [-0.4, -0.2) is 34.2 Å². The van der Waals surface area contributed by atoms with E-state index in [0.717, 1.165) is 22.7 Å². The summed E-state index contributed by atoms with van der Waals surface area (Å²) in [6, 6.07) is 11.3. The Morgan fingerprint density at radius 1 is 1.19 bits per heavy atom. The molecule has 136 valence electrons. The van der Waals surface area contributed by atoms with Crippen LogP contribution in [0.1, 0.15) is 42.5 Å². The number of ether oxygens (including phenoxy) is 1. The molecule has 2 aromatic heterocycles. The van der Waals surface area contributed by atoms with Gasteiger partial charge in [-0.2, -0.15) is 5.10 Å². The number of hydrogen-bond donors (Lipinski definition) is 1. The molecule has 0 aliphatic rings. The molecule has 1 N–H and O–H groups in total. The minimum atomic E-state index is -0.201. The Balaban J connectivity index is 1.68. The van der Waals surface area contributed by atoms with E-state index in [1.165, 1.54) is 0 Å². The molecule has 1 amide bonds. The summed E-state index contributed by atoms with van der Waals surface area (Å²) in [4.78, 5) is 17.0. The molecule has 0 radical (unpaired) electrons. The Bertz CT molecular complexity index is 925. The molecule has 0 saturated carbocycles. The summed E-state index contributed by atoms with van der Waals surface area (Å²) in [5, 5.41) is 7.30. The van der Waals surface area contributed by atoms with Gasteiger partial charge in [-0.05, 0) is 30.2 Å². The van der Waals surface area contributed by atoms with Crippen molar-refractivity contribution in [3.05, 3.63) is 59.5 Å². The van der Waals surface area contributed by atoms with Crippen LogP contribution < -0.4 is 10.1 Å². The fourth-order valence-electron chi connectivity index (χ4n) is 2.68. The van der Waals surface area contributed by atoms with Gasteiger partial charge in [0.1, 0.15) is 11.4 Å². The second-order valence-corrected chi connectivity index (χ2v) is 7.22. The van der Waals surface area contributed by atoms with Crippen LogP contribution in [0.2, 0.25) is 0 Å². The second-order valence-electron chi connectivity index (χ2n) is 7.22. The molecule has 1 aromatic carbocycles. The van der Waals surface area contributed by atoms with Crippen molar-refractivity contribution in [3.63, 3.8) is 0 Å². The van der Waals surface area contributed by atoms with E-state index < -0.39 is 0 Å². The summed E-state index contributed by atoms with van der Waals surface area (Å²) in [6.07, 6.45) is 2.57. The fourth-order valence-corrected chi connectivity index (χ4v) is 2.68. The highest BCUT2D eigenvalue weighted by molar-refractivity contribution is 5.92. The van der Waals surface area contributed by atoms with Gasteiger partial charge >= 0.3 is 0 Å². The van der Waals surface area contributed by atoms with Crippen LogP contribution in [0.3, 0.4) is 0 Å². The van der Waals surface area contributed by atoms with Gasteiger partial charge in [0.15, 0.2) is 5.65 Å². The van der Waals surface area contributed by atoms with Crippen molar-refractivity contribution in [1.29, 1.82) is 0 Å². The summed E-state index contributed by atoms with van der Waals surface area (Å²) in [5.41, 5.74) is 3.04. The molecule has 0 saturated heterocycles. The van der Waals surface area contributed by atoms with Gasteiger partial charge in [-0.25, -0.2) is 9.50 Å². The van der Waals surface area contributed by atoms with Gasteiger partial charge in [0.05, 0.1) is 19.0 Å². The number of carbonyl (C=O) groups excluding carboxylic acids is 1. The van der Waals surface area contributed by atoms with Crippen LogP contribution in [0.15, 0.2) is 42.6 Å². The number of para-hydroxylation sites is 1. The molecule has 6 heteroatoms. The number of aromatic nitrogens is 3. The van der Waals surface area contributed by atoms with E-state index in [-0.39, 0.29) is 11.3 Å². The summed E-state index contributed by atoms with van der Waals surface area (Å²) in [6.45, 7) is 6.80. The third kappa shape index (κ3) is 3.85. The molecule has 0 aliphatic heterocycles. The van der Waals surface area contributed by atoms with E-state index >= 15 is 0 Å². The number of hydrogen-bond acceptors (Lipinski definition) is 4. The average Bonchev–Trinajstić information content (AvgIpc) is 3.05. The van der Waals surface area contributed by atoms with Crippen molar-refractivity contribution in [2.45, 2.75) is 32.6 Å². The first-order valence-corrected chi connectivity index (χ1v) is 8.65. The molecule has 6 nitrogen and oxygen atoms in total. The molecule has 0 fully saturated rings. The number of rotatable bonds is 5. The van der Waals surface area contributed by atoms with Crippen molar-refractivity contribution < 1.29 is 9.53 Å². The van der Waals surface area contributed by atoms with Gasteiger partial charge < -0.3 is 10.1 Å². The van der Waals surface area contributed by atoms with Crippen molar-refractivity contribution in [2.24, 2.45) is 0 Å². The van der Waals surface area contributed by atoms with Crippen LogP contribution in [0.4, 0.5) is 0 Å². The van der Waals surface area contributed by atoms with E-state index in [2.05, 4.69) is 36.2 Å². The fraction of sp³-hybridized carbons (Fsp3) is 0.350. The van der Waals surface area contributed by atoms with Crippen molar-refractivity contribution in [3.8, 4) is 5.75 Å². The zero-order valence-corrected chi connectivity index (χ0v) is 15.6. The first kappa shape index (κ1) is 17.9. The molecular weight excluding hydrogens is 328 g/mol. The molecular formula is C20H24N4O2. The van der Waals surface area contributed by atoms with Gasteiger partial charge in [-0.1, -0.05) is 39.0 Å². The Morgan fingerprint density at radius 2 is 1.96 bits per heavy atom. The standard InChI is InChI=1S/C20H24N4O2/c1-20(2,3)17-13-24-18(22-17)10-9-15(23-24)19(25)21-12-11-14-7-5-6-8-16(14)26-4/h5-10,13H,11-12H2,1-4H3,(H,21,25). The maximum atomic E-state index is 12.4. The second kappa shape index (κ2) is 7.15. The maximum absolute atomic E-state index is 12.4. The topological polar surface area (TPSA) is 68.5 Å². The van der Waals surface area contributed by atoms with E-state index in [9.17, 15) is 4.79 Å². The van der Waals surface area contributed by atoms with Crippen LogP contribution in [0, 0.1) is 0 Å². The van der Waals surface area contributed by atoms with Crippen LogP contribution in [0.25, 0.3) is 5.65 Å². The molecule has 3 rings (SSSR count). The third-order valence-electron chi connectivity index (χ3n) is 4.19. The highest BCUT2D eigenvalue weighted by Crippen LogP contribution is 2.21. The minimum absolute atomic E-state index is 0.0646. The molecule has 3 aromatic rings. The van der Waals surface area contributed by atoms with Gasteiger partial charge in [-0.3, -0.25) is 4.79 Å². The zero-order valence-electron chi connectivity index (χ0n) is 15.6. The van der Waals surface area contributed by atoms with Crippen molar-refractivity contribution >= 4 is 11.6 Å². The van der Waals surface area contributed by atoms with Gasteiger partial charge in [0.25, 0.3) is 5.91 Å². The number of benzene rings is 1. The van der Waals surface area contributed by atoms with Gasteiger partial charge in [-0.15, -0.1) is 0 Å². The van der Waals surface area contributed by atoms with Crippen LogP contribution in [-0.2, 0) is 11.8 Å². The SMILES string of the molecule is COc1ccccc1CCNC(=O)c1ccc2nc(C(C)(C)C)cn2n1. The Morgan fingerprint density at radius 3 is 2.69 bits per heavy atom. The summed E-state index contributed by atoms with van der Waals surface area (Å²) in [5.74, 6) is 0.627. The lowest BCUT2D eigenvalue weighted by Gasteiger charge is -2.13. The number of nitrogens with zero attached hydrogens (tertiary/aromatic N) is 3. The largest absolute Gasteiger partial charge is 0.496 e. The van der Waals surface area contributed by atoms with Gasteiger partial charge in [0, 0.05) is 12.0 Å². The maximum Gasteiger partial charge on any atom is 0.271 e. The monoisotopic (exact) mass is 352 g/mol. The Kier molecular flexibility index (Phi) is 4.93. The number of amides is 1. The van der Waals surface area contributed by atoms with Crippen molar-refractivity contribution in [1.82, 2.24) is 19.9 Å². The minimum Gasteiger partial charge on any atom is -0.496 e. The average molecular weight is 352 g/mol. The lowest BCUT2D eigenvalue weighted by molar-refractivity contribution is 0.0947. The van der Waals surface area contributed by atoms with Gasteiger partial charge in [0.2, 0.25) is 0 Å². The third-order valence-corrected chi connectivity index (χ3v) is 4.19. The van der Waals surface area contributed by atoms with E-state index in [1.54, 1.807) is 17.7 Å².